The highest BCUT2D eigenvalue weighted by Gasteiger charge is 2.09. The number of benzene rings is 2. The van der Waals surface area contributed by atoms with Gasteiger partial charge in [0.25, 0.3) is 0 Å². The molecular formula is C16H17FN2S. The molecule has 0 radical (unpaired) electrons. The fraction of sp³-hybridized carbons (Fsp3) is 0.188. The summed E-state index contributed by atoms with van der Waals surface area (Å²) in [7, 11) is 1.95. The highest BCUT2D eigenvalue weighted by atomic mass is 32.1. The maximum atomic E-state index is 14.0. The molecule has 4 heteroatoms. The number of nitrogens with zero attached hydrogens (tertiary/aromatic N) is 1. The van der Waals surface area contributed by atoms with E-state index in [9.17, 15) is 4.39 Å². The average molecular weight is 288 g/mol. The molecule has 2 aromatic rings. The zero-order valence-electron chi connectivity index (χ0n) is 11.6. The van der Waals surface area contributed by atoms with Crippen LogP contribution >= 0.6 is 12.2 Å². The summed E-state index contributed by atoms with van der Waals surface area (Å²) in [6.45, 7) is 2.53. The topological polar surface area (TPSA) is 29.3 Å². The molecule has 0 saturated carbocycles. The molecular weight excluding hydrogens is 271 g/mol. The van der Waals surface area contributed by atoms with Crippen molar-refractivity contribution in [3.63, 3.8) is 0 Å². The molecule has 0 amide bonds. The summed E-state index contributed by atoms with van der Waals surface area (Å²) in [5.74, 6) is -0.282. The van der Waals surface area contributed by atoms with Crippen LogP contribution in [0.2, 0.25) is 0 Å². The van der Waals surface area contributed by atoms with Crippen LogP contribution in [-0.2, 0) is 6.54 Å². The van der Waals surface area contributed by atoms with Crippen molar-refractivity contribution in [2.75, 3.05) is 11.9 Å². The van der Waals surface area contributed by atoms with Gasteiger partial charge in [0.1, 0.15) is 10.8 Å². The van der Waals surface area contributed by atoms with Gasteiger partial charge in [-0.1, -0.05) is 42.5 Å². The maximum Gasteiger partial charge on any atom is 0.128 e. The minimum atomic E-state index is -0.282. The Morgan fingerprint density at radius 1 is 1.25 bits per heavy atom. The molecule has 2 rings (SSSR count). The van der Waals surface area contributed by atoms with Crippen LogP contribution in [0.15, 0.2) is 42.5 Å². The van der Waals surface area contributed by atoms with Crippen LogP contribution in [-0.4, -0.2) is 12.0 Å². The molecule has 0 atom stereocenters. The molecule has 0 fully saturated rings. The number of para-hydroxylation sites is 1. The maximum absolute atomic E-state index is 14.0. The first-order valence-electron chi connectivity index (χ1n) is 6.34. The summed E-state index contributed by atoms with van der Waals surface area (Å²) in [6, 6.07) is 12.9. The van der Waals surface area contributed by atoms with Crippen LogP contribution < -0.4 is 10.6 Å². The van der Waals surface area contributed by atoms with Gasteiger partial charge in [-0.15, -0.1) is 0 Å². The Balaban J connectivity index is 2.22. The van der Waals surface area contributed by atoms with Crippen LogP contribution in [0, 0.1) is 12.7 Å². The van der Waals surface area contributed by atoms with Gasteiger partial charge in [0.05, 0.1) is 0 Å². The molecule has 0 unspecified atom stereocenters. The van der Waals surface area contributed by atoms with E-state index in [0.29, 0.717) is 17.7 Å². The molecule has 0 aromatic heterocycles. The second-order valence-corrected chi connectivity index (χ2v) is 5.25. The predicted octanol–water partition coefficient (Wildman–Crippen LogP) is 3.40. The quantitative estimate of drug-likeness (QED) is 0.874. The van der Waals surface area contributed by atoms with Crippen molar-refractivity contribution >= 4 is 22.9 Å². The van der Waals surface area contributed by atoms with Crippen LogP contribution in [0.5, 0.6) is 0 Å². The molecule has 0 bridgehead atoms. The first kappa shape index (κ1) is 14.5. The zero-order valence-corrected chi connectivity index (χ0v) is 12.4. The van der Waals surface area contributed by atoms with Gasteiger partial charge in [-0.05, 0) is 24.6 Å². The van der Waals surface area contributed by atoms with Crippen molar-refractivity contribution in [1.29, 1.82) is 0 Å². The Morgan fingerprint density at radius 3 is 2.55 bits per heavy atom. The third kappa shape index (κ3) is 3.14. The van der Waals surface area contributed by atoms with Gasteiger partial charge in [0.2, 0.25) is 0 Å². The SMILES string of the molecule is Cc1ccccc1N(C)Cc1ccc(C(N)=S)cc1F. The summed E-state index contributed by atoms with van der Waals surface area (Å²) in [5, 5.41) is 0. The standard InChI is InChI=1S/C16H17FN2S/c1-11-5-3-4-6-15(11)19(2)10-13-8-7-12(16(18)20)9-14(13)17/h3-9H,10H2,1-2H3,(H2,18,20). The van der Waals surface area contributed by atoms with Crippen molar-refractivity contribution in [2.45, 2.75) is 13.5 Å². The molecule has 0 aliphatic heterocycles. The predicted molar refractivity (Wildman–Crippen MR) is 85.6 cm³/mol. The largest absolute Gasteiger partial charge is 0.389 e. The van der Waals surface area contributed by atoms with E-state index in [1.54, 1.807) is 12.1 Å². The minimum absolute atomic E-state index is 0.211. The first-order chi connectivity index (χ1) is 9.49. The lowest BCUT2D eigenvalue weighted by atomic mass is 10.1. The number of halogens is 1. The van der Waals surface area contributed by atoms with Gasteiger partial charge in [-0.2, -0.15) is 0 Å². The van der Waals surface area contributed by atoms with E-state index in [4.69, 9.17) is 18.0 Å². The van der Waals surface area contributed by atoms with Crippen LogP contribution in [0.25, 0.3) is 0 Å². The number of hydrogen-bond acceptors (Lipinski definition) is 2. The Hall–Kier alpha value is -1.94. The van der Waals surface area contributed by atoms with E-state index in [1.807, 2.05) is 43.1 Å². The molecule has 0 aliphatic carbocycles. The van der Waals surface area contributed by atoms with Crippen LogP contribution in [0.3, 0.4) is 0 Å². The Labute approximate surface area is 124 Å². The number of aryl methyl sites for hydroxylation is 1. The van der Waals surface area contributed by atoms with Crippen molar-refractivity contribution in [1.82, 2.24) is 0 Å². The van der Waals surface area contributed by atoms with E-state index >= 15 is 0 Å². The molecule has 2 N–H and O–H groups in total. The number of thiocarbonyl (C=S) groups is 1. The molecule has 0 heterocycles. The van der Waals surface area contributed by atoms with Crippen LogP contribution in [0.1, 0.15) is 16.7 Å². The van der Waals surface area contributed by atoms with Gasteiger partial charge >= 0.3 is 0 Å². The molecule has 0 saturated heterocycles. The third-order valence-electron chi connectivity index (χ3n) is 3.27. The number of hydrogen-bond donors (Lipinski definition) is 1. The van der Waals surface area contributed by atoms with E-state index in [-0.39, 0.29) is 10.8 Å². The normalized spacial score (nSPS) is 10.3. The number of rotatable bonds is 4. The summed E-state index contributed by atoms with van der Waals surface area (Å²) >= 11 is 4.85. The fourth-order valence-electron chi connectivity index (χ4n) is 2.16. The molecule has 104 valence electrons. The van der Waals surface area contributed by atoms with E-state index < -0.39 is 0 Å². The Kier molecular flexibility index (Phi) is 4.35. The summed E-state index contributed by atoms with van der Waals surface area (Å²) in [6.07, 6.45) is 0. The second kappa shape index (κ2) is 6.01. The monoisotopic (exact) mass is 288 g/mol. The smallest absolute Gasteiger partial charge is 0.128 e. The van der Waals surface area contributed by atoms with Crippen molar-refractivity contribution in [3.05, 3.63) is 65.0 Å². The second-order valence-electron chi connectivity index (χ2n) is 4.81. The highest BCUT2D eigenvalue weighted by molar-refractivity contribution is 7.80. The van der Waals surface area contributed by atoms with Gasteiger partial charge in [0, 0.05) is 30.4 Å². The lowest BCUT2D eigenvalue weighted by Crippen LogP contribution is -2.18. The average Bonchev–Trinajstić information content (AvgIpc) is 2.41. The van der Waals surface area contributed by atoms with Gasteiger partial charge in [-0.3, -0.25) is 0 Å². The summed E-state index contributed by atoms with van der Waals surface area (Å²) in [4.78, 5) is 2.23. The van der Waals surface area contributed by atoms with E-state index in [1.165, 1.54) is 6.07 Å². The minimum Gasteiger partial charge on any atom is -0.389 e. The molecule has 0 aliphatic rings. The Bertz CT molecular complexity index is 640. The van der Waals surface area contributed by atoms with E-state index in [2.05, 4.69) is 0 Å². The lowest BCUT2D eigenvalue weighted by molar-refractivity contribution is 0.607. The Morgan fingerprint density at radius 2 is 1.95 bits per heavy atom. The van der Waals surface area contributed by atoms with Gasteiger partial charge < -0.3 is 10.6 Å². The van der Waals surface area contributed by atoms with Crippen LogP contribution in [0.4, 0.5) is 10.1 Å². The molecule has 2 nitrogen and oxygen atoms in total. The fourth-order valence-corrected chi connectivity index (χ4v) is 2.29. The first-order valence-corrected chi connectivity index (χ1v) is 6.75. The third-order valence-corrected chi connectivity index (χ3v) is 3.51. The van der Waals surface area contributed by atoms with Gasteiger partial charge in [0.15, 0.2) is 0 Å². The summed E-state index contributed by atoms with van der Waals surface area (Å²) < 4.78 is 14.0. The molecule has 0 spiro atoms. The number of nitrogens with two attached hydrogens (primary N) is 1. The summed E-state index contributed by atoms with van der Waals surface area (Å²) in [5.41, 5.74) is 8.93. The zero-order chi connectivity index (χ0) is 14.7. The number of anilines is 1. The van der Waals surface area contributed by atoms with Crippen molar-refractivity contribution in [2.24, 2.45) is 5.73 Å². The van der Waals surface area contributed by atoms with Crippen molar-refractivity contribution < 1.29 is 4.39 Å². The van der Waals surface area contributed by atoms with E-state index in [0.717, 1.165) is 11.3 Å². The van der Waals surface area contributed by atoms with Gasteiger partial charge in [-0.25, -0.2) is 4.39 Å². The molecule has 2 aromatic carbocycles. The molecule has 20 heavy (non-hydrogen) atoms. The lowest BCUT2D eigenvalue weighted by Gasteiger charge is -2.22. The highest BCUT2D eigenvalue weighted by Crippen LogP contribution is 2.21. The van der Waals surface area contributed by atoms with Crippen molar-refractivity contribution in [3.8, 4) is 0 Å².